The van der Waals surface area contributed by atoms with Crippen LogP contribution in [0.15, 0.2) is 12.1 Å². The molecular formula is C13H22N+. The zero-order valence-electron chi connectivity index (χ0n) is 9.93. The molecule has 1 nitrogen and oxygen atoms in total. The van der Waals surface area contributed by atoms with Crippen LogP contribution >= 0.6 is 0 Å². The summed E-state index contributed by atoms with van der Waals surface area (Å²) < 4.78 is 2.45. The van der Waals surface area contributed by atoms with E-state index in [4.69, 9.17) is 0 Å². The van der Waals surface area contributed by atoms with E-state index >= 15 is 0 Å². The molecule has 0 unspecified atom stereocenters. The van der Waals surface area contributed by atoms with Crippen LogP contribution < -0.4 is 4.57 Å². The van der Waals surface area contributed by atoms with E-state index in [-0.39, 0.29) is 0 Å². The molecule has 78 valence electrons. The Morgan fingerprint density at radius 3 is 2.36 bits per heavy atom. The van der Waals surface area contributed by atoms with Crippen molar-refractivity contribution >= 4 is 0 Å². The molecule has 1 aromatic rings. The van der Waals surface area contributed by atoms with Crippen molar-refractivity contribution in [3.63, 3.8) is 0 Å². The maximum atomic E-state index is 2.45. The van der Waals surface area contributed by atoms with E-state index in [9.17, 15) is 0 Å². The standard InChI is InChI=1S/C13H22N/c1-5-7-13-10-11(3)9-12(4)14(13)8-6-2/h9-10H,5-8H2,1-4H3/q+1. The highest BCUT2D eigenvalue weighted by Gasteiger charge is 2.12. The lowest BCUT2D eigenvalue weighted by atomic mass is 10.1. The molecule has 0 aliphatic rings. The Balaban J connectivity index is 3.07. The van der Waals surface area contributed by atoms with Crippen LogP contribution in [0.2, 0.25) is 0 Å². The molecule has 0 saturated carbocycles. The number of aromatic nitrogens is 1. The lowest BCUT2D eigenvalue weighted by molar-refractivity contribution is -0.709. The van der Waals surface area contributed by atoms with Crippen LogP contribution in [0.3, 0.4) is 0 Å². The first-order chi connectivity index (χ1) is 6.69. The smallest absolute Gasteiger partial charge is 0.181 e. The Bertz CT molecular complexity index is 302. The van der Waals surface area contributed by atoms with E-state index in [0.29, 0.717) is 0 Å². The fourth-order valence-electron chi connectivity index (χ4n) is 2.02. The third-order valence-electron chi connectivity index (χ3n) is 2.56. The summed E-state index contributed by atoms with van der Waals surface area (Å²) in [5.41, 5.74) is 4.28. The minimum Gasteiger partial charge on any atom is -0.200 e. The SMILES string of the molecule is CCCc1cc(C)cc(C)[n+]1CCC. The average Bonchev–Trinajstić information content (AvgIpc) is 2.11. The van der Waals surface area contributed by atoms with Gasteiger partial charge in [-0.25, -0.2) is 4.57 Å². The van der Waals surface area contributed by atoms with Gasteiger partial charge in [-0.2, -0.15) is 0 Å². The van der Waals surface area contributed by atoms with E-state index in [2.05, 4.69) is 44.4 Å². The highest BCUT2D eigenvalue weighted by molar-refractivity contribution is 5.14. The van der Waals surface area contributed by atoms with E-state index in [1.165, 1.54) is 36.2 Å². The summed E-state index contributed by atoms with van der Waals surface area (Å²) in [6.45, 7) is 10.0. The van der Waals surface area contributed by atoms with Crippen LogP contribution in [0.4, 0.5) is 0 Å². The van der Waals surface area contributed by atoms with Crippen molar-refractivity contribution in [2.24, 2.45) is 0 Å². The monoisotopic (exact) mass is 192 g/mol. The van der Waals surface area contributed by atoms with Gasteiger partial charge in [-0.15, -0.1) is 0 Å². The Labute approximate surface area is 87.8 Å². The van der Waals surface area contributed by atoms with Crippen LogP contribution in [-0.4, -0.2) is 0 Å². The predicted octanol–water partition coefficient (Wildman–Crippen LogP) is 2.95. The van der Waals surface area contributed by atoms with Crippen molar-refractivity contribution in [1.29, 1.82) is 0 Å². The summed E-state index contributed by atoms with van der Waals surface area (Å²) in [5.74, 6) is 0. The van der Waals surface area contributed by atoms with Gasteiger partial charge < -0.3 is 0 Å². The predicted molar refractivity (Wildman–Crippen MR) is 60.4 cm³/mol. The van der Waals surface area contributed by atoms with Crippen molar-refractivity contribution < 1.29 is 4.57 Å². The lowest BCUT2D eigenvalue weighted by Crippen LogP contribution is -2.41. The maximum Gasteiger partial charge on any atom is 0.181 e. The number of hydrogen-bond acceptors (Lipinski definition) is 0. The van der Waals surface area contributed by atoms with Crippen molar-refractivity contribution in [2.45, 2.75) is 53.5 Å². The molecule has 1 aromatic heterocycles. The summed E-state index contributed by atoms with van der Waals surface area (Å²) in [7, 11) is 0. The minimum atomic E-state index is 1.15. The second-order valence-electron chi connectivity index (χ2n) is 4.07. The van der Waals surface area contributed by atoms with Crippen LogP contribution in [0.1, 0.15) is 43.6 Å². The first-order valence-electron chi connectivity index (χ1n) is 5.69. The van der Waals surface area contributed by atoms with E-state index < -0.39 is 0 Å². The van der Waals surface area contributed by atoms with E-state index in [1.54, 1.807) is 0 Å². The number of hydrogen-bond donors (Lipinski definition) is 0. The molecule has 0 amide bonds. The normalized spacial score (nSPS) is 10.6. The molecule has 0 aromatic carbocycles. The van der Waals surface area contributed by atoms with Gasteiger partial charge in [0.25, 0.3) is 0 Å². The van der Waals surface area contributed by atoms with Gasteiger partial charge in [-0.05, 0) is 18.9 Å². The van der Waals surface area contributed by atoms with Crippen molar-refractivity contribution in [3.8, 4) is 0 Å². The Kier molecular flexibility index (Phi) is 4.12. The summed E-state index contributed by atoms with van der Waals surface area (Å²) >= 11 is 0. The topological polar surface area (TPSA) is 3.88 Å². The number of aryl methyl sites for hydroxylation is 3. The van der Waals surface area contributed by atoms with Crippen LogP contribution in [0.25, 0.3) is 0 Å². The molecule has 1 heteroatoms. The molecule has 1 heterocycles. The summed E-state index contributed by atoms with van der Waals surface area (Å²) in [5, 5.41) is 0. The molecule has 0 atom stereocenters. The Morgan fingerprint density at radius 2 is 1.79 bits per heavy atom. The Hall–Kier alpha value is -0.850. The summed E-state index contributed by atoms with van der Waals surface area (Å²) in [6.07, 6.45) is 3.64. The van der Waals surface area contributed by atoms with Crippen molar-refractivity contribution in [1.82, 2.24) is 0 Å². The molecule has 0 N–H and O–H groups in total. The first kappa shape index (κ1) is 11.2. The number of pyridine rings is 1. The largest absolute Gasteiger partial charge is 0.200 e. The average molecular weight is 192 g/mol. The lowest BCUT2D eigenvalue weighted by Gasteiger charge is -2.06. The fraction of sp³-hybridized carbons (Fsp3) is 0.615. The van der Waals surface area contributed by atoms with E-state index in [0.717, 1.165) is 6.54 Å². The van der Waals surface area contributed by atoms with Gasteiger partial charge in [-0.3, -0.25) is 0 Å². The number of nitrogens with zero attached hydrogens (tertiary/aromatic N) is 1. The molecule has 0 saturated heterocycles. The third-order valence-corrected chi connectivity index (χ3v) is 2.56. The van der Waals surface area contributed by atoms with Crippen LogP contribution in [-0.2, 0) is 13.0 Å². The van der Waals surface area contributed by atoms with Gasteiger partial charge in [0, 0.05) is 31.9 Å². The van der Waals surface area contributed by atoms with Gasteiger partial charge in [0.1, 0.15) is 6.54 Å². The number of rotatable bonds is 4. The van der Waals surface area contributed by atoms with E-state index in [1.807, 2.05) is 0 Å². The van der Waals surface area contributed by atoms with Gasteiger partial charge >= 0.3 is 0 Å². The maximum absolute atomic E-state index is 2.45. The van der Waals surface area contributed by atoms with Crippen molar-refractivity contribution in [3.05, 3.63) is 29.1 Å². The van der Waals surface area contributed by atoms with Gasteiger partial charge in [0.15, 0.2) is 11.4 Å². The van der Waals surface area contributed by atoms with Gasteiger partial charge in [-0.1, -0.05) is 13.8 Å². The molecule has 14 heavy (non-hydrogen) atoms. The molecule has 0 spiro atoms. The zero-order valence-corrected chi connectivity index (χ0v) is 9.93. The molecule has 0 aliphatic carbocycles. The van der Waals surface area contributed by atoms with Crippen molar-refractivity contribution in [2.75, 3.05) is 0 Å². The summed E-state index contributed by atoms with van der Waals surface area (Å²) in [6, 6.07) is 4.60. The first-order valence-corrected chi connectivity index (χ1v) is 5.69. The summed E-state index contributed by atoms with van der Waals surface area (Å²) in [4.78, 5) is 0. The zero-order chi connectivity index (χ0) is 10.6. The van der Waals surface area contributed by atoms with Gasteiger partial charge in [0.05, 0.1) is 0 Å². The minimum absolute atomic E-state index is 1.15. The quantitative estimate of drug-likeness (QED) is 0.646. The van der Waals surface area contributed by atoms with Crippen LogP contribution in [0.5, 0.6) is 0 Å². The second kappa shape index (κ2) is 5.14. The van der Waals surface area contributed by atoms with Gasteiger partial charge in [0.2, 0.25) is 0 Å². The highest BCUT2D eigenvalue weighted by atomic mass is 15.0. The molecule has 0 fully saturated rings. The molecule has 0 radical (unpaired) electrons. The molecule has 0 bridgehead atoms. The fourth-order valence-corrected chi connectivity index (χ4v) is 2.02. The van der Waals surface area contributed by atoms with Crippen LogP contribution in [0, 0.1) is 13.8 Å². The second-order valence-corrected chi connectivity index (χ2v) is 4.07. The highest BCUT2D eigenvalue weighted by Crippen LogP contribution is 2.05. The molecular weight excluding hydrogens is 170 g/mol. The third kappa shape index (κ3) is 2.57. The molecule has 1 rings (SSSR count). The Morgan fingerprint density at radius 1 is 1.07 bits per heavy atom. The molecule has 0 aliphatic heterocycles.